The van der Waals surface area contributed by atoms with Crippen LogP contribution in [0.1, 0.15) is 16.7 Å². The minimum atomic E-state index is -1.22. The quantitative estimate of drug-likeness (QED) is 0.630. The van der Waals surface area contributed by atoms with Crippen molar-refractivity contribution < 1.29 is 9.00 Å². The van der Waals surface area contributed by atoms with Gasteiger partial charge in [-0.3, -0.25) is 4.21 Å². The molecule has 29 heavy (non-hydrogen) atoms. The Balaban J connectivity index is 1.71. The van der Waals surface area contributed by atoms with Crippen molar-refractivity contribution in [3.63, 3.8) is 0 Å². The van der Waals surface area contributed by atoms with Crippen molar-refractivity contribution in [3.8, 4) is 0 Å². The first-order valence-electron chi connectivity index (χ1n) is 9.56. The van der Waals surface area contributed by atoms with Gasteiger partial charge in [-0.05, 0) is 42.7 Å². The van der Waals surface area contributed by atoms with Gasteiger partial charge in [-0.1, -0.05) is 42.5 Å². The number of hydrogen-bond acceptors (Lipinski definition) is 3. The number of rotatable bonds is 5. The molecular weight excluding hydrogens is 382 g/mol. The summed E-state index contributed by atoms with van der Waals surface area (Å²) in [5.41, 5.74) is 4.06. The molecule has 1 aromatic heterocycles. The molecule has 0 saturated carbocycles. The Hall–Kier alpha value is -2.99. The fraction of sp³-hybridized carbons (Fsp3) is 0.217. The average Bonchev–Trinajstić information content (AvgIpc) is 2.73. The van der Waals surface area contributed by atoms with Crippen LogP contribution in [0.25, 0.3) is 0 Å². The maximum atomic E-state index is 13.5. The van der Waals surface area contributed by atoms with Crippen LogP contribution in [-0.2, 0) is 23.8 Å². The summed E-state index contributed by atoms with van der Waals surface area (Å²) >= 11 is 0. The number of anilines is 2. The number of fused-ring (bicyclic) bond motifs is 1. The van der Waals surface area contributed by atoms with Crippen molar-refractivity contribution in [2.24, 2.45) is 0 Å². The zero-order chi connectivity index (χ0) is 20.4. The van der Waals surface area contributed by atoms with Gasteiger partial charge in [-0.25, -0.2) is 14.7 Å². The molecule has 0 fully saturated rings. The number of carbonyl (C=O) groups excluding carboxylic acids is 1. The monoisotopic (exact) mass is 405 g/mol. The van der Waals surface area contributed by atoms with Gasteiger partial charge in [0.2, 0.25) is 0 Å². The first-order chi connectivity index (χ1) is 14.1. The van der Waals surface area contributed by atoms with Gasteiger partial charge in [-0.2, -0.15) is 0 Å². The van der Waals surface area contributed by atoms with Crippen LogP contribution in [0.4, 0.5) is 16.3 Å². The van der Waals surface area contributed by atoms with E-state index in [0.29, 0.717) is 29.5 Å². The molecule has 5 nitrogen and oxygen atoms in total. The molecule has 0 aliphatic carbocycles. The van der Waals surface area contributed by atoms with Crippen LogP contribution in [0.3, 0.4) is 0 Å². The summed E-state index contributed by atoms with van der Waals surface area (Å²) < 4.78 is 12.3. The number of urea groups is 1. The van der Waals surface area contributed by atoms with Crippen LogP contribution >= 0.6 is 0 Å². The number of aromatic nitrogens is 1. The summed E-state index contributed by atoms with van der Waals surface area (Å²) in [6.07, 6.45) is 4.10. The molecule has 2 aromatic carbocycles. The topological polar surface area (TPSA) is 53.5 Å². The Morgan fingerprint density at radius 1 is 1.03 bits per heavy atom. The lowest BCUT2D eigenvalue weighted by Crippen LogP contribution is -2.46. The van der Waals surface area contributed by atoms with Crippen LogP contribution in [0.15, 0.2) is 71.8 Å². The number of para-hydroxylation sites is 1. The Morgan fingerprint density at radius 2 is 1.79 bits per heavy atom. The van der Waals surface area contributed by atoms with Crippen LogP contribution in [0.5, 0.6) is 0 Å². The van der Waals surface area contributed by atoms with Gasteiger partial charge in [0.25, 0.3) is 0 Å². The van der Waals surface area contributed by atoms with E-state index in [9.17, 15) is 9.00 Å². The molecule has 0 radical (unpaired) electrons. The van der Waals surface area contributed by atoms with Crippen molar-refractivity contribution in [3.05, 3.63) is 83.6 Å². The molecular formula is C23H23N3O2S. The summed E-state index contributed by atoms with van der Waals surface area (Å²) in [4.78, 5) is 22.0. The van der Waals surface area contributed by atoms with Gasteiger partial charge < -0.3 is 4.90 Å². The maximum absolute atomic E-state index is 13.5. The third-order valence-corrected chi connectivity index (χ3v) is 6.20. The smallest absolute Gasteiger partial charge is 0.319 e. The number of benzene rings is 2. The van der Waals surface area contributed by atoms with E-state index in [-0.39, 0.29) is 6.03 Å². The Labute approximate surface area is 173 Å². The largest absolute Gasteiger partial charge is 0.330 e. The zero-order valence-electron chi connectivity index (χ0n) is 16.5. The number of carbonyl (C=O) groups is 1. The van der Waals surface area contributed by atoms with Crippen molar-refractivity contribution in [2.75, 3.05) is 17.7 Å². The predicted molar refractivity (Wildman–Crippen MR) is 116 cm³/mol. The van der Waals surface area contributed by atoms with E-state index in [2.05, 4.69) is 24.0 Å². The van der Waals surface area contributed by atoms with Crippen LogP contribution in [0, 0.1) is 6.92 Å². The van der Waals surface area contributed by atoms with Gasteiger partial charge in [0.05, 0.1) is 27.9 Å². The minimum absolute atomic E-state index is 0.136. The lowest BCUT2D eigenvalue weighted by atomic mass is 10.1. The Bertz CT molecular complexity index is 1080. The third kappa shape index (κ3) is 3.80. The lowest BCUT2D eigenvalue weighted by Gasteiger charge is -2.36. The molecule has 0 N–H and O–H groups in total. The molecule has 1 unspecified atom stereocenters. The second-order valence-electron chi connectivity index (χ2n) is 7.12. The molecule has 1 aliphatic heterocycles. The first-order valence-corrected chi connectivity index (χ1v) is 11.1. The number of hydrogen-bond donors (Lipinski definition) is 0. The van der Waals surface area contributed by atoms with Gasteiger partial charge >= 0.3 is 6.03 Å². The summed E-state index contributed by atoms with van der Waals surface area (Å²) in [7, 11) is -1.22. The van der Waals surface area contributed by atoms with Gasteiger partial charge in [0.15, 0.2) is 0 Å². The summed E-state index contributed by atoms with van der Waals surface area (Å²) in [5, 5.41) is 0. The molecule has 0 saturated heterocycles. The molecule has 148 valence electrons. The van der Waals surface area contributed by atoms with E-state index in [4.69, 9.17) is 0 Å². The molecule has 2 amide bonds. The second kappa shape index (κ2) is 8.17. The van der Waals surface area contributed by atoms with E-state index >= 15 is 0 Å². The SMILES string of the molecule is Cc1ccccc1CCN1Cc2cccnc2N(c2ccccc2S(C)=O)C1=O. The van der Waals surface area contributed by atoms with Gasteiger partial charge in [0, 0.05) is 24.6 Å². The predicted octanol–water partition coefficient (Wildman–Crippen LogP) is 4.44. The van der Waals surface area contributed by atoms with E-state index in [1.165, 1.54) is 11.1 Å². The highest BCUT2D eigenvalue weighted by atomic mass is 32.2. The summed E-state index contributed by atoms with van der Waals surface area (Å²) in [6.45, 7) is 3.21. The number of aryl methyl sites for hydroxylation is 1. The summed E-state index contributed by atoms with van der Waals surface area (Å²) in [5.74, 6) is 0.613. The molecule has 6 heteroatoms. The van der Waals surface area contributed by atoms with Crippen molar-refractivity contribution in [2.45, 2.75) is 24.8 Å². The first kappa shape index (κ1) is 19.3. The van der Waals surface area contributed by atoms with Crippen LogP contribution < -0.4 is 4.90 Å². The highest BCUT2D eigenvalue weighted by Crippen LogP contribution is 2.36. The number of pyridine rings is 1. The second-order valence-corrected chi connectivity index (χ2v) is 8.47. The fourth-order valence-electron chi connectivity index (χ4n) is 3.68. The van der Waals surface area contributed by atoms with Gasteiger partial charge in [-0.15, -0.1) is 0 Å². The van der Waals surface area contributed by atoms with E-state index < -0.39 is 10.8 Å². The summed E-state index contributed by atoms with van der Waals surface area (Å²) in [6, 6.07) is 19.3. The average molecular weight is 406 g/mol. The van der Waals surface area contributed by atoms with Crippen LogP contribution in [0.2, 0.25) is 0 Å². The molecule has 0 spiro atoms. The Morgan fingerprint density at radius 3 is 2.59 bits per heavy atom. The van der Waals surface area contributed by atoms with Crippen molar-refractivity contribution in [1.29, 1.82) is 0 Å². The highest BCUT2D eigenvalue weighted by Gasteiger charge is 2.33. The van der Waals surface area contributed by atoms with E-state index in [1.807, 2.05) is 47.4 Å². The Kier molecular flexibility index (Phi) is 5.45. The van der Waals surface area contributed by atoms with Crippen molar-refractivity contribution >= 4 is 28.3 Å². The van der Waals surface area contributed by atoms with E-state index in [0.717, 1.165) is 12.0 Å². The fourth-order valence-corrected chi connectivity index (χ4v) is 4.41. The highest BCUT2D eigenvalue weighted by molar-refractivity contribution is 7.84. The van der Waals surface area contributed by atoms with Gasteiger partial charge in [0.1, 0.15) is 5.82 Å². The molecule has 4 rings (SSSR count). The number of nitrogens with zero attached hydrogens (tertiary/aromatic N) is 3. The maximum Gasteiger partial charge on any atom is 0.330 e. The molecule has 2 heterocycles. The molecule has 1 atom stereocenters. The van der Waals surface area contributed by atoms with E-state index in [1.54, 1.807) is 23.4 Å². The zero-order valence-corrected chi connectivity index (χ0v) is 17.4. The molecule has 3 aromatic rings. The standard InChI is InChI=1S/C23H23N3O2S/c1-17-8-3-4-9-18(17)13-15-25-16-19-10-7-14-24-22(19)26(23(25)27)20-11-5-6-12-21(20)29(2)28/h3-12,14H,13,15-16H2,1-2H3. The van der Waals surface area contributed by atoms with Crippen LogP contribution in [-0.4, -0.2) is 32.9 Å². The molecule has 0 bridgehead atoms. The minimum Gasteiger partial charge on any atom is -0.319 e. The third-order valence-electron chi connectivity index (χ3n) is 5.23. The lowest BCUT2D eigenvalue weighted by molar-refractivity contribution is 0.201. The van der Waals surface area contributed by atoms with Crippen molar-refractivity contribution in [1.82, 2.24) is 9.88 Å². The molecule has 1 aliphatic rings. The normalized spacial score (nSPS) is 14.6. The number of amides is 2.